The lowest BCUT2D eigenvalue weighted by atomic mass is 9.99. The number of rotatable bonds is 41. The molecule has 1 aliphatic heterocycles. The molecular formula is C60H93NO10. The topological polar surface area (TPSA) is 175 Å². The lowest BCUT2D eigenvalue weighted by Gasteiger charge is -2.41. The summed E-state index contributed by atoms with van der Waals surface area (Å²) in [4.78, 5) is 26.3. The second-order valence-corrected chi connectivity index (χ2v) is 17.8. The van der Waals surface area contributed by atoms with E-state index in [-0.39, 0.29) is 19.4 Å². The van der Waals surface area contributed by atoms with Crippen LogP contribution in [0.15, 0.2) is 146 Å². The predicted octanol–water partition coefficient (Wildman–Crippen LogP) is 11.5. The summed E-state index contributed by atoms with van der Waals surface area (Å²) < 4.78 is 17.4. The zero-order valence-electron chi connectivity index (χ0n) is 43.5. The summed E-state index contributed by atoms with van der Waals surface area (Å²) in [6.45, 7) is 5.38. The van der Waals surface area contributed by atoms with Gasteiger partial charge in [0.15, 0.2) is 12.4 Å². The molecule has 0 radical (unpaired) electrons. The zero-order chi connectivity index (χ0) is 51.8. The minimum Gasteiger partial charge on any atom is -0.454 e. The Kier molecular flexibility index (Phi) is 42.4. The van der Waals surface area contributed by atoms with Gasteiger partial charge in [0, 0.05) is 6.42 Å². The molecule has 1 heterocycles. The number of unbranched alkanes of at least 4 members (excludes halogenated alkanes) is 14. The first-order valence-corrected chi connectivity index (χ1v) is 26.8. The third-order valence-corrected chi connectivity index (χ3v) is 11.5. The molecule has 398 valence electrons. The van der Waals surface area contributed by atoms with Crippen LogP contribution >= 0.6 is 0 Å². The average molecular weight is 988 g/mol. The maximum atomic E-state index is 13.3. The lowest BCUT2D eigenvalue weighted by Crippen LogP contribution is -2.61. The van der Waals surface area contributed by atoms with Crippen LogP contribution < -0.4 is 5.32 Å². The van der Waals surface area contributed by atoms with Crippen LogP contribution in [0.1, 0.15) is 156 Å². The Hall–Kier alpha value is -4.46. The van der Waals surface area contributed by atoms with Gasteiger partial charge in [0.2, 0.25) is 5.91 Å². The highest BCUT2D eigenvalue weighted by molar-refractivity contribution is 5.80. The van der Waals surface area contributed by atoms with E-state index in [2.05, 4.69) is 38.2 Å². The van der Waals surface area contributed by atoms with E-state index >= 15 is 0 Å². The van der Waals surface area contributed by atoms with Crippen LogP contribution in [0.3, 0.4) is 0 Å². The number of nitrogens with one attached hydrogen (secondary N) is 1. The summed E-state index contributed by atoms with van der Waals surface area (Å²) in [6, 6.07) is -1.07. The van der Waals surface area contributed by atoms with Crippen molar-refractivity contribution in [2.24, 2.45) is 0 Å². The molecule has 8 atom stereocenters. The van der Waals surface area contributed by atoms with Crippen LogP contribution in [0.2, 0.25) is 0 Å². The molecule has 71 heavy (non-hydrogen) atoms. The molecule has 11 heteroatoms. The molecule has 0 saturated carbocycles. The van der Waals surface area contributed by atoms with E-state index in [4.69, 9.17) is 14.2 Å². The Balaban J connectivity index is 2.88. The fraction of sp³-hybridized carbons (Fsp3) is 0.567. The molecule has 0 bridgehead atoms. The first-order chi connectivity index (χ1) is 34.7. The van der Waals surface area contributed by atoms with Gasteiger partial charge < -0.3 is 45.1 Å². The van der Waals surface area contributed by atoms with Crippen LogP contribution in [0.25, 0.3) is 0 Å². The zero-order valence-corrected chi connectivity index (χ0v) is 43.5. The maximum Gasteiger partial charge on any atom is 0.306 e. The minimum absolute atomic E-state index is 0.0118. The Labute approximate surface area is 428 Å². The molecule has 11 nitrogen and oxygen atoms in total. The Morgan fingerprint density at radius 1 is 0.563 bits per heavy atom. The van der Waals surface area contributed by atoms with E-state index in [1.165, 1.54) is 51.4 Å². The summed E-state index contributed by atoms with van der Waals surface area (Å²) in [7, 11) is 0. The number of aliphatic hydroxyl groups is 5. The van der Waals surface area contributed by atoms with Crippen LogP contribution in [0, 0.1) is 0 Å². The van der Waals surface area contributed by atoms with Crippen molar-refractivity contribution in [2.45, 2.75) is 205 Å². The number of esters is 1. The van der Waals surface area contributed by atoms with Crippen molar-refractivity contribution in [3.05, 3.63) is 146 Å². The van der Waals surface area contributed by atoms with Crippen LogP contribution in [-0.4, -0.2) is 99.6 Å². The lowest BCUT2D eigenvalue weighted by molar-refractivity contribution is -0.305. The second kappa shape index (κ2) is 46.6. The molecule has 8 unspecified atom stereocenters. The van der Waals surface area contributed by atoms with Crippen molar-refractivity contribution in [3.63, 3.8) is 0 Å². The number of aliphatic hydroxyl groups excluding tert-OH is 5. The van der Waals surface area contributed by atoms with Gasteiger partial charge in [-0.1, -0.05) is 237 Å². The maximum absolute atomic E-state index is 13.3. The molecule has 1 rings (SSSR count). The molecule has 6 N–H and O–H groups in total. The van der Waals surface area contributed by atoms with E-state index in [9.17, 15) is 35.1 Å². The van der Waals surface area contributed by atoms with Gasteiger partial charge in [-0.15, -0.1) is 0 Å². The van der Waals surface area contributed by atoms with Crippen molar-refractivity contribution >= 4 is 11.9 Å². The molecule has 0 aromatic rings. The minimum atomic E-state index is -1.66. The van der Waals surface area contributed by atoms with E-state index in [1.807, 2.05) is 128 Å². The van der Waals surface area contributed by atoms with Gasteiger partial charge in [0.25, 0.3) is 0 Å². The number of carbonyl (C=O) groups is 2. The third-order valence-electron chi connectivity index (χ3n) is 11.5. The fourth-order valence-electron chi connectivity index (χ4n) is 7.30. The van der Waals surface area contributed by atoms with Crippen molar-refractivity contribution in [1.82, 2.24) is 5.32 Å². The quantitative estimate of drug-likeness (QED) is 0.0150. The molecule has 1 saturated heterocycles. The van der Waals surface area contributed by atoms with Crippen molar-refractivity contribution in [1.29, 1.82) is 0 Å². The first kappa shape index (κ1) is 64.6. The monoisotopic (exact) mass is 988 g/mol. The molecule has 1 fully saturated rings. The highest BCUT2D eigenvalue weighted by Gasteiger charge is 2.47. The van der Waals surface area contributed by atoms with Gasteiger partial charge in [0.05, 0.1) is 25.4 Å². The number of carbonyl (C=O) groups excluding carboxylic acids is 2. The number of hydrogen-bond donors (Lipinski definition) is 6. The highest BCUT2D eigenvalue weighted by atomic mass is 16.7. The molecule has 0 aromatic carbocycles. The molecule has 1 aliphatic rings. The molecule has 1 amide bonds. The largest absolute Gasteiger partial charge is 0.454 e. The highest BCUT2D eigenvalue weighted by Crippen LogP contribution is 2.26. The van der Waals surface area contributed by atoms with E-state index in [1.54, 1.807) is 6.08 Å². The van der Waals surface area contributed by atoms with Crippen molar-refractivity contribution in [2.75, 3.05) is 13.2 Å². The van der Waals surface area contributed by atoms with Crippen LogP contribution in [-0.2, 0) is 23.8 Å². The molecule has 0 spiro atoms. The Morgan fingerprint density at radius 3 is 1.52 bits per heavy atom. The molecule has 0 aromatic heterocycles. The number of amides is 1. The Bertz CT molecular complexity index is 1700. The van der Waals surface area contributed by atoms with E-state index < -0.39 is 67.4 Å². The number of hydrogen-bond acceptors (Lipinski definition) is 10. The standard InChI is InChI=1S/C60H93NO10/c1-4-7-10-13-16-19-22-25-26-27-30-32-35-38-41-44-47-53(64)59(68)61-51(52(63)46-43-40-37-34-31-28-23-20-17-14-11-8-5-2)50-69-60-58(57(67)56(66)54(49-62)70-60)71-55(65)48-45-42-39-36-33-29-24-21-18-15-12-9-6-3/h7,9-10,12-13,15-16,18-19,21-22,24-27,29-30,32-33,35-36,39,43,46,51-54,56-58,60,62-64,66-67H,4-6,8,11,14,17,20,23,28,31,34,37-38,40-42,44-45,47-50H2,1-3H3,(H,61,68)/b10-7-,12-9+,16-13+,18-15+,22-19+,24-21-,26-25-,30-27+,33-29-,35-32+,39-36+,46-43+. The van der Waals surface area contributed by atoms with Crippen LogP contribution in [0.4, 0.5) is 0 Å². The summed E-state index contributed by atoms with van der Waals surface area (Å²) in [5.74, 6) is -1.34. The van der Waals surface area contributed by atoms with Gasteiger partial charge in [-0.3, -0.25) is 9.59 Å². The second-order valence-electron chi connectivity index (χ2n) is 17.8. The number of ether oxygens (including phenoxy) is 3. The van der Waals surface area contributed by atoms with E-state index in [0.29, 0.717) is 19.3 Å². The Morgan fingerprint density at radius 2 is 1.01 bits per heavy atom. The summed E-state index contributed by atoms with van der Waals surface area (Å²) in [6.07, 6.45) is 56.2. The normalized spacial score (nSPS) is 20.8. The van der Waals surface area contributed by atoms with Gasteiger partial charge in [0.1, 0.15) is 24.4 Å². The predicted molar refractivity (Wildman–Crippen MR) is 291 cm³/mol. The van der Waals surface area contributed by atoms with Crippen molar-refractivity contribution < 1.29 is 49.3 Å². The van der Waals surface area contributed by atoms with Crippen LogP contribution in [0.5, 0.6) is 0 Å². The van der Waals surface area contributed by atoms with E-state index in [0.717, 1.165) is 51.4 Å². The molecular weight excluding hydrogens is 895 g/mol. The third kappa shape index (κ3) is 35.3. The summed E-state index contributed by atoms with van der Waals surface area (Å²) in [5.41, 5.74) is 0. The summed E-state index contributed by atoms with van der Waals surface area (Å²) >= 11 is 0. The smallest absolute Gasteiger partial charge is 0.306 e. The summed E-state index contributed by atoms with van der Waals surface area (Å²) in [5, 5.41) is 56.6. The first-order valence-electron chi connectivity index (χ1n) is 26.8. The van der Waals surface area contributed by atoms with Gasteiger partial charge in [-0.05, 0) is 57.8 Å². The van der Waals surface area contributed by atoms with Gasteiger partial charge in [-0.2, -0.15) is 0 Å². The average Bonchev–Trinajstić information content (AvgIpc) is 3.37. The van der Waals surface area contributed by atoms with Crippen molar-refractivity contribution in [3.8, 4) is 0 Å². The SMILES string of the molecule is CC\C=C/C=C/C=C/C=C\C=C\C=C\CCCCC(O)C(=O)NC(COC1OC(CO)C(O)C(O)C1OC(=O)CCC/C=C/C=C\C=C/C=C/C=C/CC)C(O)/C=C/CCCCCCCCCCCCC. The molecule has 0 aliphatic carbocycles. The number of allylic oxidation sites excluding steroid dienone is 23. The van der Waals surface area contributed by atoms with Gasteiger partial charge >= 0.3 is 5.97 Å². The fourth-order valence-corrected chi connectivity index (χ4v) is 7.30. The van der Waals surface area contributed by atoms with Gasteiger partial charge in [-0.25, -0.2) is 0 Å².